The lowest BCUT2D eigenvalue weighted by Gasteiger charge is -1.94. The van der Waals surface area contributed by atoms with E-state index in [1.807, 2.05) is 0 Å². The molecule has 0 radical (unpaired) electrons. The first-order valence-corrected chi connectivity index (χ1v) is 6.78. The molecule has 0 saturated carbocycles. The van der Waals surface area contributed by atoms with Crippen LogP contribution in [0.15, 0.2) is 48.8 Å². The van der Waals surface area contributed by atoms with Gasteiger partial charge in [0.15, 0.2) is 0 Å². The van der Waals surface area contributed by atoms with Gasteiger partial charge in [0.05, 0.1) is 30.6 Å². The van der Waals surface area contributed by atoms with Crippen LogP contribution in [0.2, 0.25) is 0 Å². The standard InChI is InChI=1S/C8H6O4.2C4H8O2/c9-7(10)5-1-2-6(4-3-5)8(11)12;2*5-3-1-2-4-6/h1-4H,(H,9,10)(H,11,12);1,3,5-6H,2,4H2;1-2,5-6H,3-4H2/b;3-1+;2-1+. The van der Waals surface area contributed by atoms with E-state index >= 15 is 0 Å². The van der Waals surface area contributed by atoms with Gasteiger partial charge in [0, 0.05) is 6.61 Å². The van der Waals surface area contributed by atoms with Gasteiger partial charge >= 0.3 is 11.9 Å². The number of carbonyl (C=O) groups is 2. The van der Waals surface area contributed by atoms with Crippen LogP contribution in [-0.4, -0.2) is 62.4 Å². The summed E-state index contributed by atoms with van der Waals surface area (Å²) in [5.41, 5.74) is 0.167. The minimum absolute atomic E-state index is 0.0144. The Kier molecular flexibility index (Phi) is 16.4. The first-order chi connectivity index (χ1) is 11.4. The fourth-order valence-electron chi connectivity index (χ4n) is 1.05. The van der Waals surface area contributed by atoms with Crippen LogP contribution in [0.1, 0.15) is 27.1 Å². The average Bonchev–Trinajstić information content (AvgIpc) is 2.59. The Bertz CT molecular complexity index is 466. The molecule has 6 N–H and O–H groups in total. The molecular formula is C16H22O8. The molecule has 1 aromatic rings. The zero-order chi connectivity index (χ0) is 18.8. The van der Waals surface area contributed by atoms with Crippen molar-refractivity contribution >= 4 is 11.9 Å². The molecule has 1 aromatic carbocycles. The Morgan fingerprint density at radius 3 is 1.33 bits per heavy atom. The van der Waals surface area contributed by atoms with E-state index in [4.69, 9.17) is 30.6 Å². The maximum absolute atomic E-state index is 10.3. The molecule has 134 valence electrons. The van der Waals surface area contributed by atoms with Crippen molar-refractivity contribution in [1.82, 2.24) is 0 Å². The number of carboxylic acids is 2. The molecule has 8 heteroatoms. The number of carboxylic acid groups (broad SMARTS) is 2. The van der Waals surface area contributed by atoms with Gasteiger partial charge < -0.3 is 30.6 Å². The molecule has 0 spiro atoms. The fraction of sp³-hybridized carbons (Fsp3) is 0.250. The van der Waals surface area contributed by atoms with Crippen LogP contribution in [0.4, 0.5) is 0 Å². The van der Waals surface area contributed by atoms with Crippen molar-refractivity contribution in [3.05, 3.63) is 59.9 Å². The minimum Gasteiger partial charge on any atom is -0.516 e. The van der Waals surface area contributed by atoms with Crippen LogP contribution >= 0.6 is 0 Å². The number of aromatic carboxylic acids is 2. The first-order valence-electron chi connectivity index (χ1n) is 6.78. The van der Waals surface area contributed by atoms with Crippen molar-refractivity contribution in [2.75, 3.05) is 19.8 Å². The predicted octanol–water partition coefficient (Wildman–Crippen LogP) is 1.05. The van der Waals surface area contributed by atoms with E-state index in [1.165, 1.54) is 42.5 Å². The third-order valence-electron chi connectivity index (χ3n) is 2.16. The molecule has 0 heterocycles. The summed E-state index contributed by atoms with van der Waals surface area (Å²) in [4.78, 5) is 20.7. The highest BCUT2D eigenvalue weighted by atomic mass is 16.4. The van der Waals surface area contributed by atoms with Crippen LogP contribution in [0.25, 0.3) is 0 Å². The third-order valence-corrected chi connectivity index (χ3v) is 2.16. The van der Waals surface area contributed by atoms with Crippen LogP contribution in [0, 0.1) is 0 Å². The zero-order valence-electron chi connectivity index (χ0n) is 12.9. The van der Waals surface area contributed by atoms with Crippen LogP contribution in [0.3, 0.4) is 0 Å². The monoisotopic (exact) mass is 342 g/mol. The lowest BCUT2D eigenvalue weighted by molar-refractivity contribution is 0.0681. The van der Waals surface area contributed by atoms with E-state index in [9.17, 15) is 9.59 Å². The Morgan fingerprint density at radius 2 is 1.17 bits per heavy atom. The molecule has 0 bridgehead atoms. The topological polar surface area (TPSA) is 156 Å². The molecule has 24 heavy (non-hydrogen) atoms. The number of aliphatic hydroxyl groups excluding tert-OH is 4. The van der Waals surface area contributed by atoms with Gasteiger partial charge in [-0.1, -0.05) is 12.2 Å². The molecule has 8 nitrogen and oxygen atoms in total. The summed E-state index contributed by atoms with van der Waals surface area (Å²) in [6, 6.07) is 5.02. The molecule has 1 rings (SSSR count). The van der Waals surface area contributed by atoms with Gasteiger partial charge in [-0.3, -0.25) is 0 Å². The molecule has 0 unspecified atom stereocenters. The van der Waals surface area contributed by atoms with E-state index in [2.05, 4.69) is 0 Å². The maximum Gasteiger partial charge on any atom is 0.335 e. The zero-order valence-corrected chi connectivity index (χ0v) is 12.9. The second-order valence-electron chi connectivity index (χ2n) is 3.92. The largest absolute Gasteiger partial charge is 0.516 e. The highest BCUT2D eigenvalue weighted by molar-refractivity contribution is 5.91. The smallest absolute Gasteiger partial charge is 0.335 e. The normalized spacial score (nSPS) is 9.79. The van der Waals surface area contributed by atoms with Crippen molar-refractivity contribution in [2.24, 2.45) is 0 Å². The van der Waals surface area contributed by atoms with Gasteiger partial charge in [0.25, 0.3) is 0 Å². The molecule has 0 fully saturated rings. The SMILES string of the molecule is O/C=C/CCO.O=C(O)c1ccc(C(=O)O)cc1.OC/C=C/CO. The molecule has 0 amide bonds. The first kappa shape index (κ1) is 23.6. The lowest BCUT2D eigenvalue weighted by Crippen LogP contribution is -1.99. The van der Waals surface area contributed by atoms with Crippen LogP contribution in [-0.2, 0) is 0 Å². The molecule has 0 saturated heterocycles. The van der Waals surface area contributed by atoms with E-state index in [-0.39, 0.29) is 30.9 Å². The number of rotatable bonds is 6. The van der Waals surface area contributed by atoms with E-state index in [1.54, 1.807) is 0 Å². The van der Waals surface area contributed by atoms with Gasteiger partial charge in [-0.05, 0) is 36.8 Å². The van der Waals surface area contributed by atoms with Gasteiger partial charge in [0.2, 0.25) is 0 Å². The van der Waals surface area contributed by atoms with Crippen molar-refractivity contribution in [3.63, 3.8) is 0 Å². The summed E-state index contributed by atoms with van der Waals surface area (Å²) >= 11 is 0. The molecule has 0 aliphatic carbocycles. The van der Waals surface area contributed by atoms with E-state index in [0.29, 0.717) is 6.42 Å². The number of aliphatic hydroxyl groups is 4. The van der Waals surface area contributed by atoms with Crippen molar-refractivity contribution in [3.8, 4) is 0 Å². The van der Waals surface area contributed by atoms with Gasteiger partial charge in [0.1, 0.15) is 0 Å². The van der Waals surface area contributed by atoms with Crippen molar-refractivity contribution < 1.29 is 40.2 Å². The van der Waals surface area contributed by atoms with Gasteiger partial charge in [-0.2, -0.15) is 0 Å². The Labute approximate surface area is 139 Å². The second kappa shape index (κ2) is 16.7. The Hall–Kier alpha value is -2.68. The summed E-state index contributed by atoms with van der Waals surface area (Å²) in [7, 11) is 0. The number of hydrogen-bond donors (Lipinski definition) is 6. The van der Waals surface area contributed by atoms with Crippen molar-refractivity contribution in [2.45, 2.75) is 6.42 Å². The average molecular weight is 342 g/mol. The summed E-state index contributed by atoms with van der Waals surface area (Å²) in [6.45, 7) is 0.137. The van der Waals surface area contributed by atoms with E-state index in [0.717, 1.165) is 6.26 Å². The van der Waals surface area contributed by atoms with Crippen molar-refractivity contribution in [1.29, 1.82) is 0 Å². The molecule has 0 aliphatic heterocycles. The van der Waals surface area contributed by atoms with Crippen LogP contribution in [0.5, 0.6) is 0 Å². The molecule has 0 aliphatic rings. The molecular weight excluding hydrogens is 320 g/mol. The molecule has 0 aromatic heterocycles. The summed E-state index contributed by atoms with van der Waals surface area (Å²) in [5, 5.41) is 48.9. The number of hydrogen-bond acceptors (Lipinski definition) is 6. The Morgan fingerprint density at radius 1 is 0.792 bits per heavy atom. The quantitative estimate of drug-likeness (QED) is 0.331. The van der Waals surface area contributed by atoms with Gasteiger partial charge in [-0.15, -0.1) is 0 Å². The lowest BCUT2D eigenvalue weighted by atomic mass is 10.1. The maximum atomic E-state index is 10.3. The number of benzene rings is 1. The highest BCUT2D eigenvalue weighted by Gasteiger charge is 2.04. The van der Waals surface area contributed by atoms with Crippen LogP contribution < -0.4 is 0 Å². The minimum atomic E-state index is -1.06. The fourth-order valence-corrected chi connectivity index (χ4v) is 1.05. The summed E-state index contributed by atoms with van der Waals surface area (Å²) in [5.74, 6) is -2.13. The highest BCUT2D eigenvalue weighted by Crippen LogP contribution is 2.03. The van der Waals surface area contributed by atoms with E-state index < -0.39 is 11.9 Å². The van der Waals surface area contributed by atoms with Gasteiger partial charge in [-0.25, -0.2) is 9.59 Å². The second-order valence-corrected chi connectivity index (χ2v) is 3.92. The predicted molar refractivity (Wildman–Crippen MR) is 87.1 cm³/mol. The molecule has 0 atom stereocenters. The third kappa shape index (κ3) is 14.3. The Balaban J connectivity index is 0. The summed E-state index contributed by atoms with van der Waals surface area (Å²) < 4.78 is 0. The summed E-state index contributed by atoms with van der Waals surface area (Å²) in [6.07, 6.45) is 5.92.